The summed E-state index contributed by atoms with van der Waals surface area (Å²) in [5.41, 5.74) is 0.215. The number of aromatic nitrogens is 1. The fraction of sp³-hybridized carbons (Fsp3) is 0.273. The lowest BCUT2D eigenvalue weighted by atomic mass is 10.1. The summed E-state index contributed by atoms with van der Waals surface area (Å²) in [6, 6.07) is 2.88. The first-order valence-electron chi connectivity index (χ1n) is 4.71. The number of hydrogen-bond acceptors (Lipinski definition) is 1. The number of H-pyrrole nitrogens is 1. The van der Waals surface area contributed by atoms with E-state index in [-0.39, 0.29) is 17.5 Å². The number of rotatable bonds is 2. The van der Waals surface area contributed by atoms with Gasteiger partial charge in [0.15, 0.2) is 5.82 Å². The molecule has 2 N–H and O–H groups in total. The van der Waals surface area contributed by atoms with Crippen molar-refractivity contribution < 1.29 is 13.9 Å². The number of nitrogens with one attached hydrogen (secondary N) is 1. The fourth-order valence-corrected chi connectivity index (χ4v) is 1.65. The highest BCUT2D eigenvalue weighted by molar-refractivity contribution is 5.80. The Morgan fingerprint density at radius 1 is 1.47 bits per heavy atom. The lowest BCUT2D eigenvalue weighted by Gasteiger charge is -2.07. The van der Waals surface area contributed by atoms with Crippen LogP contribution in [0.3, 0.4) is 0 Å². The summed E-state index contributed by atoms with van der Waals surface area (Å²) < 4.78 is 27.2. The second kappa shape index (κ2) is 3.62. The zero-order valence-electron chi connectivity index (χ0n) is 8.22. The van der Waals surface area contributed by atoms with E-state index in [1.165, 1.54) is 13.0 Å². The van der Waals surface area contributed by atoms with Crippen molar-refractivity contribution in [3.05, 3.63) is 35.5 Å². The van der Waals surface area contributed by atoms with Crippen LogP contribution < -0.4 is 0 Å². The van der Waals surface area contributed by atoms with Gasteiger partial charge in [0, 0.05) is 23.6 Å². The summed E-state index contributed by atoms with van der Waals surface area (Å²) in [5, 5.41) is 9.63. The predicted molar refractivity (Wildman–Crippen MR) is 53.6 cm³/mol. The number of halogens is 2. The number of aromatic amines is 1. The van der Waals surface area contributed by atoms with Crippen LogP contribution in [0.15, 0.2) is 18.3 Å². The Bertz CT molecular complexity index is 491. The third kappa shape index (κ3) is 1.72. The van der Waals surface area contributed by atoms with Gasteiger partial charge in [-0.3, -0.25) is 0 Å². The minimum atomic E-state index is -0.763. The smallest absolute Gasteiger partial charge is 0.153 e. The number of benzene rings is 1. The highest BCUT2D eigenvalue weighted by atomic mass is 19.1. The van der Waals surface area contributed by atoms with Crippen LogP contribution in [0.25, 0.3) is 10.9 Å². The molecule has 0 amide bonds. The van der Waals surface area contributed by atoms with E-state index in [1.54, 1.807) is 12.3 Å². The predicted octanol–water partition coefficient (Wildman–Crippen LogP) is 2.37. The number of aliphatic hydroxyl groups excluding tert-OH is 1. The summed E-state index contributed by atoms with van der Waals surface area (Å²) in [4.78, 5) is 2.71. The number of aliphatic hydroxyl groups is 1. The van der Waals surface area contributed by atoms with E-state index in [4.69, 9.17) is 5.11 Å². The van der Waals surface area contributed by atoms with Gasteiger partial charge in [-0.1, -0.05) is 0 Å². The molecular weight excluding hydrogens is 200 g/mol. The molecule has 1 unspecified atom stereocenters. The Labute approximate surface area is 85.5 Å². The molecule has 80 valence electrons. The van der Waals surface area contributed by atoms with E-state index in [9.17, 15) is 8.78 Å². The van der Waals surface area contributed by atoms with Gasteiger partial charge in [-0.25, -0.2) is 8.78 Å². The molecular formula is C11H11F2NO. The first-order valence-corrected chi connectivity index (χ1v) is 4.71. The van der Waals surface area contributed by atoms with Gasteiger partial charge in [0.2, 0.25) is 0 Å². The standard InChI is InChI=1S/C11H11F2NO/c1-6(15)4-8-9(12)5-7-2-3-14-11(7)10(8)13/h2-3,5-6,14-15H,4H2,1H3. The van der Waals surface area contributed by atoms with Gasteiger partial charge in [-0.05, 0) is 19.1 Å². The summed E-state index contributed by atoms with van der Waals surface area (Å²) in [6.07, 6.45) is 0.771. The molecule has 1 heterocycles. The second-order valence-corrected chi connectivity index (χ2v) is 3.65. The Balaban J connectivity index is 2.61. The highest BCUT2D eigenvalue weighted by Gasteiger charge is 2.15. The lowest BCUT2D eigenvalue weighted by Crippen LogP contribution is -2.08. The van der Waals surface area contributed by atoms with Gasteiger partial charge in [-0.2, -0.15) is 0 Å². The molecule has 0 aliphatic carbocycles. The molecule has 0 fully saturated rings. The Kier molecular flexibility index (Phi) is 2.44. The molecule has 15 heavy (non-hydrogen) atoms. The van der Waals surface area contributed by atoms with E-state index < -0.39 is 17.7 Å². The average molecular weight is 211 g/mol. The van der Waals surface area contributed by atoms with Gasteiger partial charge in [0.1, 0.15) is 5.82 Å². The van der Waals surface area contributed by atoms with Gasteiger partial charge in [-0.15, -0.1) is 0 Å². The maximum Gasteiger partial charge on any atom is 0.153 e. The molecule has 0 radical (unpaired) electrons. The first kappa shape index (κ1) is 10.1. The van der Waals surface area contributed by atoms with E-state index >= 15 is 0 Å². The quantitative estimate of drug-likeness (QED) is 0.786. The third-order valence-corrected chi connectivity index (χ3v) is 2.33. The molecule has 1 aromatic carbocycles. The van der Waals surface area contributed by atoms with E-state index in [1.807, 2.05) is 0 Å². The average Bonchev–Trinajstić information content (AvgIpc) is 2.59. The van der Waals surface area contributed by atoms with Crippen molar-refractivity contribution in [3.8, 4) is 0 Å². The zero-order valence-corrected chi connectivity index (χ0v) is 8.22. The maximum absolute atomic E-state index is 13.7. The monoisotopic (exact) mass is 211 g/mol. The maximum atomic E-state index is 13.7. The van der Waals surface area contributed by atoms with Crippen molar-refractivity contribution in [2.75, 3.05) is 0 Å². The lowest BCUT2D eigenvalue weighted by molar-refractivity contribution is 0.192. The van der Waals surface area contributed by atoms with Crippen LogP contribution in [0.1, 0.15) is 12.5 Å². The Morgan fingerprint density at radius 2 is 2.20 bits per heavy atom. The summed E-state index contributed by atoms with van der Waals surface area (Å²) in [6.45, 7) is 1.50. The Morgan fingerprint density at radius 3 is 2.87 bits per heavy atom. The minimum Gasteiger partial charge on any atom is -0.393 e. The summed E-state index contributed by atoms with van der Waals surface area (Å²) >= 11 is 0. The third-order valence-electron chi connectivity index (χ3n) is 2.33. The number of fused-ring (bicyclic) bond motifs is 1. The summed E-state index contributed by atoms with van der Waals surface area (Å²) in [7, 11) is 0. The molecule has 0 saturated heterocycles. The van der Waals surface area contributed by atoms with Crippen molar-refractivity contribution in [1.82, 2.24) is 4.98 Å². The molecule has 0 bridgehead atoms. The van der Waals surface area contributed by atoms with Gasteiger partial charge in [0.25, 0.3) is 0 Å². The SMILES string of the molecule is CC(O)Cc1c(F)cc2cc[nH]c2c1F. The summed E-state index contributed by atoms with van der Waals surface area (Å²) in [5.74, 6) is -1.23. The molecule has 0 aliphatic heterocycles. The van der Waals surface area contributed by atoms with Crippen LogP contribution in [0.4, 0.5) is 8.78 Å². The van der Waals surface area contributed by atoms with E-state index in [0.717, 1.165) is 0 Å². The largest absolute Gasteiger partial charge is 0.393 e. The van der Waals surface area contributed by atoms with Crippen molar-refractivity contribution >= 4 is 10.9 Å². The zero-order chi connectivity index (χ0) is 11.0. The van der Waals surface area contributed by atoms with Gasteiger partial charge < -0.3 is 10.1 Å². The molecule has 4 heteroatoms. The van der Waals surface area contributed by atoms with Gasteiger partial charge >= 0.3 is 0 Å². The molecule has 0 aliphatic rings. The highest BCUT2D eigenvalue weighted by Crippen LogP contribution is 2.23. The van der Waals surface area contributed by atoms with Crippen LogP contribution in [-0.4, -0.2) is 16.2 Å². The number of hydrogen-bond donors (Lipinski definition) is 2. The topological polar surface area (TPSA) is 36.0 Å². The molecule has 2 nitrogen and oxygen atoms in total. The van der Waals surface area contributed by atoms with E-state index in [0.29, 0.717) is 5.39 Å². The van der Waals surface area contributed by atoms with Crippen molar-refractivity contribution in [1.29, 1.82) is 0 Å². The van der Waals surface area contributed by atoms with Crippen LogP contribution >= 0.6 is 0 Å². The van der Waals surface area contributed by atoms with Gasteiger partial charge in [0.05, 0.1) is 11.6 Å². The van der Waals surface area contributed by atoms with Crippen LogP contribution in [0.2, 0.25) is 0 Å². The van der Waals surface area contributed by atoms with Crippen molar-refractivity contribution in [3.63, 3.8) is 0 Å². The Hall–Kier alpha value is -1.42. The van der Waals surface area contributed by atoms with Crippen LogP contribution in [0.5, 0.6) is 0 Å². The second-order valence-electron chi connectivity index (χ2n) is 3.65. The minimum absolute atomic E-state index is 0.0212. The van der Waals surface area contributed by atoms with Crippen LogP contribution in [-0.2, 0) is 6.42 Å². The van der Waals surface area contributed by atoms with Crippen molar-refractivity contribution in [2.45, 2.75) is 19.4 Å². The molecule has 0 saturated carbocycles. The molecule has 1 aromatic heterocycles. The molecule has 2 aromatic rings. The molecule has 0 spiro atoms. The normalized spacial score (nSPS) is 13.3. The molecule has 2 rings (SSSR count). The molecule has 1 atom stereocenters. The van der Waals surface area contributed by atoms with Crippen molar-refractivity contribution in [2.24, 2.45) is 0 Å². The fourth-order valence-electron chi connectivity index (χ4n) is 1.65. The van der Waals surface area contributed by atoms with Crippen LogP contribution in [0, 0.1) is 11.6 Å². The first-order chi connectivity index (χ1) is 7.09. The van der Waals surface area contributed by atoms with E-state index in [2.05, 4.69) is 4.98 Å².